The van der Waals surface area contributed by atoms with Crippen LogP contribution in [0.15, 0.2) is 47.8 Å². The van der Waals surface area contributed by atoms with Crippen LogP contribution in [0.3, 0.4) is 0 Å². The lowest BCUT2D eigenvalue weighted by Gasteiger charge is -2.30. The normalized spacial score (nSPS) is 14.2. The molecule has 1 aliphatic rings. The van der Waals surface area contributed by atoms with Gasteiger partial charge in [0.05, 0.1) is 25.5 Å². The Labute approximate surface area is 206 Å². The lowest BCUT2D eigenvalue weighted by Crippen LogP contribution is -2.43. The summed E-state index contributed by atoms with van der Waals surface area (Å²) in [5.41, 5.74) is 5.11. The van der Waals surface area contributed by atoms with E-state index in [9.17, 15) is 4.79 Å². The molecule has 2 aromatic carbocycles. The van der Waals surface area contributed by atoms with E-state index in [1.807, 2.05) is 53.6 Å². The van der Waals surface area contributed by atoms with E-state index in [-0.39, 0.29) is 5.91 Å². The predicted molar refractivity (Wildman–Crippen MR) is 136 cm³/mol. The van der Waals surface area contributed by atoms with Gasteiger partial charge >= 0.3 is 0 Å². The van der Waals surface area contributed by atoms with Gasteiger partial charge in [-0.25, -0.2) is 4.98 Å². The quantitative estimate of drug-likeness (QED) is 0.448. The molecule has 0 aliphatic carbocycles. The minimum absolute atomic E-state index is 0.0365. The fraction of sp³-hybridized carbons (Fsp3) is 0.407. The van der Waals surface area contributed by atoms with Crippen LogP contribution in [0.1, 0.15) is 37.7 Å². The van der Waals surface area contributed by atoms with E-state index in [1.54, 1.807) is 11.3 Å². The Kier molecular flexibility index (Phi) is 8.32. The van der Waals surface area contributed by atoms with Crippen LogP contribution < -0.4 is 4.74 Å². The van der Waals surface area contributed by atoms with Crippen LogP contribution in [0.2, 0.25) is 0 Å². The SMILES string of the molecule is Cc1ccc(C(=O)N(CCN2CCOCC2)Cc2csc(COc3cccc(C)c3C)n2)cc1. The maximum Gasteiger partial charge on any atom is 0.254 e. The molecule has 4 rings (SSSR count). The summed E-state index contributed by atoms with van der Waals surface area (Å²) in [7, 11) is 0. The first-order chi connectivity index (χ1) is 16.5. The van der Waals surface area contributed by atoms with Crippen molar-refractivity contribution in [3.8, 4) is 5.75 Å². The van der Waals surface area contributed by atoms with E-state index in [0.717, 1.165) is 60.4 Å². The highest BCUT2D eigenvalue weighted by Gasteiger charge is 2.20. The van der Waals surface area contributed by atoms with Crippen LogP contribution in [0.25, 0.3) is 0 Å². The third-order valence-electron chi connectivity index (χ3n) is 6.23. The summed E-state index contributed by atoms with van der Waals surface area (Å²) in [5.74, 6) is 0.924. The molecular weight excluding hydrogens is 446 g/mol. The van der Waals surface area contributed by atoms with Crippen molar-refractivity contribution in [1.29, 1.82) is 0 Å². The van der Waals surface area contributed by atoms with Crippen LogP contribution in [0.4, 0.5) is 0 Å². The largest absolute Gasteiger partial charge is 0.486 e. The van der Waals surface area contributed by atoms with E-state index in [4.69, 9.17) is 14.5 Å². The van der Waals surface area contributed by atoms with Gasteiger partial charge in [0, 0.05) is 37.1 Å². The predicted octanol–water partition coefficient (Wildman–Crippen LogP) is 4.62. The molecular formula is C27H33N3O3S. The van der Waals surface area contributed by atoms with Gasteiger partial charge in [-0.05, 0) is 50.1 Å². The first-order valence-electron chi connectivity index (χ1n) is 11.8. The number of benzene rings is 2. The van der Waals surface area contributed by atoms with E-state index >= 15 is 0 Å². The summed E-state index contributed by atoms with van der Waals surface area (Å²) in [6.45, 7) is 11.9. The fourth-order valence-corrected chi connectivity index (χ4v) is 4.62. The van der Waals surface area contributed by atoms with Crippen LogP contribution in [-0.4, -0.2) is 60.1 Å². The van der Waals surface area contributed by atoms with Crippen LogP contribution in [-0.2, 0) is 17.9 Å². The average Bonchev–Trinajstić information content (AvgIpc) is 3.31. The van der Waals surface area contributed by atoms with E-state index in [0.29, 0.717) is 25.3 Å². The van der Waals surface area contributed by atoms with Crippen LogP contribution in [0.5, 0.6) is 5.75 Å². The van der Waals surface area contributed by atoms with Crippen molar-refractivity contribution in [1.82, 2.24) is 14.8 Å². The van der Waals surface area contributed by atoms with Crippen molar-refractivity contribution < 1.29 is 14.3 Å². The second-order valence-corrected chi connectivity index (χ2v) is 9.71. The first kappa shape index (κ1) is 24.4. The number of hydrogen-bond donors (Lipinski definition) is 0. The second-order valence-electron chi connectivity index (χ2n) is 8.77. The van der Waals surface area contributed by atoms with E-state index in [2.05, 4.69) is 24.8 Å². The number of amides is 1. The van der Waals surface area contributed by atoms with Gasteiger partial charge in [-0.15, -0.1) is 11.3 Å². The Morgan fingerprint density at radius 3 is 2.65 bits per heavy atom. The van der Waals surface area contributed by atoms with Gasteiger partial charge < -0.3 is 14.4 Å². The number of carbonyl (C=O) groups is 1. The molecule has 1 amide bonds. The highest BCUT2D eigenvalue weighted by atomic mass is 32.1. The molecule has 3 aromatic rings. The molecule has 0 N–H and O–H groups in total. The van der Waals surface area contributed by atoms with Gasteiger partial charge in [0.25, 0.3) is 5.91 Å². The molecule has 1 fully saturated rings. The van der Waals surface area contributed by atoms with Crippen LogP contribution >= 0.6 is 11.3 Å². The molecule has 0 radical (unpaired) electrons. The zero-order valence-electron chi connectivity index (χ0n) is 20.3. The average molecular weight is 480 g/mol. The highest BCUT2D eigenvalue weighted by Crippen LogP contribution is 2.23. The monoisotopic (exact) mass is 479 g/mol. The first-order valence-corrected chi connectivity index (χ1v) is 12.7. The second kappa shape index (κ2) is 11.6. The molecule has 2 heterocycles. The lowest BCUT2D eigenvalue weighted by atomic mass is 10.1. The molecule has 7 heteroatoms. The third kappa shape index (κ3) is 6.44. The summed E-state index contributed by atoms with van der Waals surface area (Å²) in [6, 6.07) is 13.9. The van der Waals surface area contributed by atoms with Crippen LogP contribution in [0, 0.1) is 20.8 Å². The molecule has 0 spiro atoms. The molecule has 6 nitrogen and oxygen atoms in total. The topological polar surface area (TPSA) is 54.9 Å². The fourth-order valence-electron chi connectivity index (χ4n) is 3.92. The van der Waals surface area contributed by atoms with E-state index < -0.39 is 0 Å². The smallest absolute Gasteiger partial charge is 0.254 e. The number of aromatic nitrogens is 1. The molecule has 180 valence electrons. The van der Waals surface area contributed by atoms with Crippen molar-refractivity contribution in [3.05, 3.63) is 80.8 Å². The molecule has 34 heavy (non-hydrogen) atoms. The summed E-state index contributed by atoms with van der Waals surface area (Å²) < 4.78 is 11.5. The molecule has 0 bridgehead atoms. The summed E-state index contributed by atoms with van der Waals surface area (Å²) >= 11 is 1.58. The Balaban J connectivity index is 1.42. The van der Waals surface area contributed by atoms with Crippen molar-refractivity contribution in [2.45, 2.75) is 33.9 Å². The van der Waals surface area contributed by atoms with Gasteiger partial charge in [0.1, 0.15) is 17.4 Å². The number of rotatable bonds is 9. The Morgan fingerprint density at radius 2 is 1.88 bits per heavy atom. The van der Waals surface area contributed by atoms with Gasteiger partial charge in [-0.1, -0.05) is 29.8 Å². The summed E-state index contributed by atoms with van der Waals surface area (Å²) in [6.07, 6.45) is 0. The summed E-state index contributed by atoms with van der Waals surface area (Å²) in [5, 5.41) is 2.94. The van der Waals surface area contributed by atoms with E-state index in [1.165, 1.54) is 5.56 Å². The number of thiazole rings is 1. The zero-order valence-corrected chi connectivity index (χ0v) is 21.1. The van der Waals surface area contributed by atoms with Crippen molar-refractivity contribution in [3.63, 3.8) is 0 Å². The Morgan fingerprint density at radius 1 is 1.12 bits per heavy atom. The third-order valence-corrected chi connectivity index (χ3v) is 7.10. The molecule has 1 aromatic heterocycles. The van der Waals surface area contributed by atoms with Crippen molar-refractivity contribution >= 4 is 17.2 Å². The van der Waals surface area contributed by atoms with Gasteiger partial charge in [0.2, 0.25) is 0 Å². The highest BCUT2D eigenvalue weighted by molar-refractivity contribution is 7.09. The zero-order chi connectivity index (χ0) is 23.9. The van der Waals surface area contributed by atoms with Crippen molar-refractivity contribution in [2.24, 2.45) is 0 Å². The maximum absolute atomic E-state index is 13.4. The number of ether oxygens (including phenoxy) is 2. The van der Waals surface area contributed by atoms with Gasteiger partial charge in [-0.3, -0.25) is 9.69 Å². The molecule has 0 unspecified atom stereocenters. The lowest BCUT2D eigenvalue weighted by molar-refractivity contribution is 0.0319. The number of hydrogen-bond acceptors (Lipinski definition) is 6. The molecule has 0 atom stereocenters. The number of nitrogens with zero attached hydrogens (tertiary/aromatic N) is 3. The number of carbonyl (C=O) groups excluding carboxylic acids is 1. The summed E-state index contributed by atoms with van der Waals surface area (Å²) in [4.78, 5) is 22.4. The van der Waals surface area contributed by atoms with Gasteiger partial charge in [0.15, 0.2) is 0 Å². The Bertz CT molecular complexity index is 1090. The number of morpholine rings is 1. The minimum atomic E-state index is 0.0365. The molecule has 0 saturated carbocycles. The number of aryl methyl sites for hydroxylation is 2. The molecule has 1 saturated heterocycles. The van der Waals surface area contributed by atoms with Crippen molar-refractivity contribution in [2.75, 3.05) is 39.4 Å². The minimum Gasteiger partial charge on any atom is -0.486 e. The maximum atomic E-state index is 13.4. The Hall–Kier alpha value is -2.74. The molecule has 1 aliphatic heterocycles. The van der Waals surface area contributed by atoms with Gasteiger partial charge in [-0.2, -0.15) is 0 Å². The standard InChI is InChI=1S/C27H33N3O3S/c1-20-7-9-23(10-8-20)27(31)30(12-11-29-13-15-32-16-14-29)17-24-19-34-26(28-24)18-33-25-6-4-5-21(2)22(25)3/h4-10,19H,11-18H2,1-3H3.